The number of hydrogen-bond donors (Lipinski definition) is 2. The van der Waals surface area contributed by atoms with Crippen molar-refractivity contribution in [3.8, 4) is 0 Å². The lowest BCUT2D eigenvalue weighted by atomic mass is 10.2. The van der Waals surface area contributed by atoms with E-state index in [1.165, 1.54) is 6.07 Å². The number of nitrogens with two attached hydrogens (primary N) is 1. The largest absolute Gasteiger partial charge is 0.396 e. The highest BCUT2D eigenvalue weighted by molar-refractivity contribution is 7.91. The molecule has 1 aromatic carbocycles. The highest BCUT2D eigenvalue weighted by Gasteiger charge is 2.28. The van der Waals surface area contributed by atoms with Gasteiger partial charge in [0, 0.05) is 6.04 Å². The van der Waals surface area contributed by atoms with Gasteiger partial charge in [0.25, 0.3) is 0 Å². The predicted molar refractivity (Wildman–Crippen MR) is 72.8 cm³/mol. The summed E-state index contributed by atoms with van der Waals surface area (Å²) in [6.07, 6.45) is 0.849. The Balaban J connectivity index is 2.21. The van der Waals surface area contributed by atoms with E-state index in [2.05, 4.69) is 4.72 Å². The van der Waals surface area contributed by atoms with Crippen molar-refractivity contribution in [1.82, 2.24) is 4.72 Å². The quantitative estimate of drug-likeness (QED) is 0.777. The molecule has 1 aliphatic heterocycles. The molecule has 112 valence electrons. The summed E-state index contributed by atoms with van der Waals surface area (Å²) in [5, 5.41) is 0. The van der Waals surface area contributed by atoms with Crippen molar-refractivity contribution in [1.29, 1.82) is 0 Å². The molecule has 0 radical (unpaired) electrons. The minimum Gasteiger partial charge on any atom is -0.396 e. The molecule has 1 aromatic rings. The first-order chi connectivity index (χ1) is 9.20. The normalized spacial score (nSPS) is 22.6. The van der Waals surface area contributed by atoms with Gasteiger partial charge in [0.2, 0.25) is 10.0 Å². The van der Waals surface area contributed by atoms with Gasteiger partial charge < -0.3 is 5.73 Å². The molecular formula is C11H15FN2O4S2. The highest BCUT2D eigenvalue weighted by atomic mass is 32.2. The fourth-order valence-electron chi connectivity index (χ4n) is 2.08. The van der Waals surface area contributed by atoms with E-state index < -0.39 is 31.7 Å². The zero-order valence-corrected chi connectivity index (χ0v) is 12.2. The number of hydrogen-bond acceptors (Lipinski definition) is 5. The van der Waals surface area contributed by atoms with Crippen LogP contribution in [0.15, 0.2) is 23.1 Å². The second-order valence-corrected chi connectivity index (χ2v) is 8.70. The van der Waals surface area contributed by atoms with Crippen molar-refractivity contribution in [2.75, 3.05) is 17.2 Å². The van der Waals surface area contributed by atoms with Crippen molar-refractivity contribution in [3.63, 3.8) is 0 Å². The van der Waals surface area contributed by atoms with Crippen LogP contribution >= 0.6 is 0 Å². The van der Waals surface area contributed by atoms with E-state index in [-0.39, 0.29) is 22.1 Å². The minimum absolute atomic E-state index is 0.0712. The van der Waals surface area contributed by atoms with Crippen LogP contribution in [0.3, 0.4) is 0 Å². The van der Waals surface area contributed by atoms with Gasteiger partial charge in [-0.15, -0.1) is 0 Å². The van der Waals surface area contributed by atoms with Gasteiger partial charge in [-0.3, -0.25) is 0 Å². The van der Waals surface area contributed by atoms with Crippen molar-refractivity contribution in [2.45, 2.75) is 23.8 Å². The van der Waals surface area contributed by atoms with Gasteiger partial charge in [-0.25, -0.2) is 25.9 Å². The molecule has 1 saturated heterocycles. The van der Waals surface area contributed by atoms with Gasteiger partial charge >= 0.3 is 0 Å². The molecule has 2 rings (SSSR count). The number of sulfonamides is 1. The molecule has 1 unspecified atom stereocenters. The van der Waals surface area contributed by atoms with Gasteiger partial charge in [-0.2, -0.15) is 0 Å². The second kappa shape index (κ2) is 5.30. The molecule has 6 nitrogen and oxygen atoms in total. The first-order valence-corrected chi connectivity index (χ1v) is 9.28. The Morgan fingerprint density at radius 3 is 2.65 bits per heavy atom. The number of rotatable bonds is 3. The topological polar surface area (TPSA) is 106 Å². The molecule has 1 aliphatic rings. The minimum atomic E-state index is -3.96. The summed E-state index contributed by atoms with van der Waals surface area (Å²) in [6, 6.07) is 2.47. The molecule has 0 bridgehead atoms. The Bertz CT molecular complexity index is 716. The van der Waals surface area contributed by atoms with Crippen LogP contribution < -0.4 is 10.5 Å². The van der Waals surface area contributed by atoms with Crippen LogP contribution in [0.2, 0.25) is 0 Å². The Morgan fingerprint density at radius 2 is 2.05 bits per heavy atom. The zero-order valence-electron chi connectivity index (χ0n) is 10.5. The summed E-state index contributed by atoms with van der Waals surface area (Å²) in [5.41, 5.74) is 5.13. The molecule has 1 fully saturated rings. The fourth-order valence-corrected chi connectivity index (χ4v) is 5.10. The third-order valence-electron chi connectivity index (χ3n) is 3.07. The first-order valence-electron chi connectivity index (χ1n) is 5.97. The summed E-state index contributed by atoms with van der Waals surface area (Å²) in [5.74, 6) is -0.991. The Labute approximate surface area is 117 Å². The summed E-state index contributed by atoms with van der Waals surface area (Å²) in [7, 11) is -7.18. The van der Waals surface area contributed by atoms with E-state index >= 15 is 0 Å². The summed E-state index contributed by atoms with van der Waals surface area (Å²) < 4.78 is 62.7. The lowest BCUT2D eigenvalue weighted by molar-refractivity contribution is 0.516. The highest BCUT2D eigenvalue weighted by Crippen LogP contribution is 2.19. The van der Waals surface area contributed by atoms with Gasteiger partial charge in [-0.1, -0.05) is 0 Å². The van der Waals surface area contributed by atoms with Gasteiger partial charge in [-0.05, 0) is 31.0 Å². The maximum absolute atomic E-state index is 13.3. The molecule has 9 heteroatoms. The molecule has 0 aliphatic carbocycles. The second-order valence-electron chi connectivity index (χ2n) is 4.76. The third kappa shape index (κ3) is 3.47. The van der Waals surface area contributed by atoms with Gasteiger partial charge in [0.15, 0.2) is 9.84 Å². The van der Waals surface area contributed by atoms with Crippen molar-refractivity contribution >= 4 is 25.5 Å². The van der Waals surface area contributed by atoms with E-state index in [1.54, 1.807) is 0 Å². The molecule has 1 atom stereocenters. The van der Waals surface area contributed by atoms with Crippen LogP contribution in [0, 0.1) is 5.82 Å². The van der Waals surface area contributed by atoms with Crippen LogP contribution in [0.25, 0.3) is 0 Å². The maximum atomic E-state index is 13.3. The van der Waals surface area contributed by atoms with Crippen LogP contribution in [-0.2, 0) is 19.9 Å². The Morgan fingerprint density at radius 1 is 1.35 bits per heavy atom. The molecule has 0 aromatic heterocycles. The van der Waals surface area contributed by atoms with Crippen molar-refractivity contribution in [3.05, 3.63) is 24.0 Å². The Kier molecular flexibility index (Phi) is 4.03. The molecule has 0 amide bonds. The van der Waals surface area contributed by atoms with Crippen LogP contribution in [0.1, 0.15) is 12.8 Å². The number of anilines is 1. The monoisotopic (exact) mass is 322 g/mol. The summed E-state index contributed by atoms with van der Waals surface area (Å²) >= 11 is 0. The SMILES string of the molecule is Nc1ccc(S(=O)(=O)NC2CCCS(=O)(=O)C2)cc1F. The van der Waals surface area contributed by atoms with E-state index in [0.717, 1.165) is 12.1 Å². The smallest absolute Gasteiger partial charge is 0.240 e. The number of nitrogen functional groups attached to an aromatic ring is 1. The lowest BCUT2D eigenvalue weighted by Crippen LogP contribution is -2.43. The van der Waals surface area contributed by atoms with Crippen molar-refractivity contribution < 1.29 is 21.2 Å². The molecule has 20 heavy (non-hydrogen) atoms. The van der Waals surface area contributed by atoms with Gasteiger partial charge in [0.05, 0.1) is 22.1 Å². The summed E-state index contributed by atoms with van der Waals surface area (Å²) in [4.78, 5) is -0.271. The van der Waals surface area contributed by atoms with E-state index in [1.807, 2.05) is 0 Å². The molecular weight excluding hydrogens is 307 g/mol. The van der Waals surface area contributed by atoms with Crippen molar-refractivity contribution in [2.24, 2.45) is 0 Å². The van der Waals surface area contributed by atoms with Crippen LogP contribution in [0.4, 0.5) is 10.1 Å². The fraction of sp³-hybridized carbons (Fsp3) is 0.455. The molecule has 1 heterocycles. The molecule has 0 saturated carbocycles. The van der Waals surface area contributed by atoms with E-state index in [0.29, 0.717) is 12.8 Å². The van der Waals surface area contributed by atoms with Crippen LogP contribution in [0.5, 0.6) is 0 Å². The standard InChI is InChI=1S/C11H15FN2O4S2/c12-10-6-9(3-4-11(10)13)20(17,18)14-8-2-1-5-19(15,16)7-8/h3-4,6,8,14H,1-2,5,7,13H2. The van der Waals surface area contributed by atoms with Gasteiger partial charge in [0.1, 0.15) is 5.82 Å². The lowest BCUT2D eigenvalue weighted by Gasteiger charge is -2.22. The molecule has 0 spiro atoms. The Hall–Kier alpha value is -1.19. The van der Waals surface area contributed by atoms with E-state index in [9.17, 15) is 21.2 Å². The number of halogens is 1. The average molecular weight is 322 g/mol. The first kappa shape index (κ1) is 15.2. The molecule has 3 N–H and O–H groups in total. The number of sulfone groups is 1. The third-order valence-corrected chi connectivity index (χ3v) is 6.41. The number of nitrogens with one attached hydrogen (secondary N) is 1. The zero-order chi connectivity index (χ0) is 15.0. The van der Waals surface area contributed by atoms with E-state index in [4.69, 9.17) is 5.73 Å². The number of benzene rings is 1. The average Bonchev–Trinajstić information content (AvgIpc) is 2.30. The summed E-state index contributed by atoms with van der Waals surface area (Å²) in [6.45, 7) is 0. The maximum Gasteiger partial charge on any atom is 0.240 e. The predicted octanol–water partition coefficient (Wildman–Crippen LogP) is 0.263. The van der Waals surface area contributed by atoms with Crippen LogP contribution in [-0.4, -0.2) is 34.4 Å².